The van der Waals surface area contributed by atoms with Gasteiger partial charge in [0.05, 0.1) is 22.3 Å². The summed E-state index contributed by atoms with van der Waals surface area (Å²) in [5.74, 6) is 0.997. The predicted octanol–water partition coefficient (Wildman–Crippen LogP) is 5.90. The van der Waals surface area contributed by atoms with Gasteiger partial charge in [-0.2, -0.15) is 0 Å². The SMILES string of the molecule is c1ccc(-c2nnc(-c3ccccc3-n3c4ccccc4c4cnccc43)o2)cc1. The van der Waals surface area contributed by atoms with E-state index in [1.807, 2.05) is 73.1 Å². The van der Waals surface area contributed by atoms with Gasteiger partial charge in [0.1, 0.15) is 0 Å². The van der Waals surface area contributed by atoms with Crippen LogP contribution in [0.1, 0.15) is 0 Å². The largest absolute Gasteiger partial charge is 0.416 e. The van der Waals surface area contributed by atoms with Crippen LogP contribution in [-0.2, 0) is 0 Å². The van der Waals surface area contributed by atoms with Gasteiger partial charge in [-0.05, 0) is 36.4 Å². The molecule has 5 nitrogen and oxygen atoms in total. The summed E-state index contributed by atoms with van der Waals surface area (Å²) in [6.45, 7) is 0. The van der Waals surface area contributed by atoms with E-state index in [0.717, 1.165) is 38.6 Å². The molecule has 0 spiro atoms. The molecule has 0 unspecified atom stereocenters. The van der Waals surface area contributed by atoms with Crippen LogP contribution in [-0.4, -0.2) is 19.7 Å². The van der Waals surface area contributed by atoms with E-state index in [1.165, 1.54) is 0 Å². The molecule has 0 aliphatic heterocycles. The van der Waals surface area contributed by atoms with Gasteiger partial charge in [-0.25, -0.2) is 0 Å². The fraction of sp³-hybridized carbons (Fsp3) is 0. The number of hydrogen-bond donors (Lipinski definition) is 0. The molecule has 6 rings (SSSR count). The molecule has 5 heteroatoms. The Hall–Kier alpha value is -4.25. The highest BCUT2D eigenvalue weighted by molar-refractivity contribution is 6.09. The third-order valence-electron chi connectivity index (χ3n) is 5.30. The molecule has 3 heterocycles. The second-order valence-corrected chi connectivity index (χ2v) is 7.04. The highest BCUT2D eigenvalue weighted by Gasteiger charge is 2.18. The maximum atomic E-state index is 6.07. The maximum absolute atomic E-state index is 6.07. The molecule has 0 N–H and O–H groups in total. The van der Waals surface area contributed by atoms with Crippen molar-refractivity contribution in [3.05, 3.63) is 97.3 Å². The topological polar surface area (TPSA) is 56.7 Å². The molecule has 0 radical (unpaired) electrons. The molecule has 0 atom stereocenters. The lowest BCUT2D eigenvalue weighted by molar-refractivity contribution is 0.584. The first kappa shape index (κ1) is 16.7. The van der Waals surface area contributed by atoms with Crippen molar-refractivity contribution >= 4 is 21.8 Å². The summed E-state index contributed by atoms with van der Waals surface area (Å²) in [7, 11) is 0. The van der Waals surface area contributed by atoms with Crippen molar-refractivity contribution in [3.8, 4) is 28.6 Å². The van der Waals surface area contributed by atoms with Crippen LogP contribution in [0.5, 0.6) is 0 Å². The molecule has 6 aromatic rings. The highest BCUT2D eigenvalue weighted by Crippen LogP contribution is 2.35. The van der Waals surface area contributed by atoms with E-state index in [2.05, 4.69) is 44.0 Å². The van der Waals surface area contributed by atoms with Crippen LogP contribution in [0.4, 0.5) is 0 Å². The van der Waals surface area contributed by atoms with Gasteiger partial charge in [0, 0.05) is 28.7 Å². The van der Waals surface area contributed by atoms with E-state index >= 15 is 0 Å². The number of rotatable bonds is 3. The smallest absolute Gasteiger partial charge is 0.250 e. The number of hydrogen-bond acceptors (Lipinski definition) is 4. The zero-order chi connectivity index (χ0) is 19.9. The molecular formula is C25H16N4O. The van der Waals surface area contributed by atoms with E-state index in [-0.39, 0.29) is 0 Å². The number of nitrogens with zero attached hydrogens (tertiary/aromatic N) is 4. The molecule has 3 aromatic heterocycles. The third-order valence-corrected chi connectivity index (χ3v) is 5.30. The Kier molecular flexibility index (Phi) is 3.71. The average Bonchev–Trinajstić information content (AvgIpc) is 3.43. The minimum Gasteiger partial charge on any atom is -0.416 e. The Labute approximate surface area is 172 Å². The van der Waals surface area contributed by atoms with Gasteiger partial charge >= 0.3 is 0 Å². The normalized spacial score (nSPS) is 11.3. The van der Waals surface area contributed by atoms with E-state index < -0.39 is 0 Å². The van der Waals surface area contributed by atoms with Gasteiger partial charge in [-0.15, -0.1) is 10.2 Å². The summed E-state index contributed by atoms with van der Waals surface area (Å²) in [5.41, 5.74) is 4.96. The van der Waals surface area contributed by atoms with Crippen LogP contribution in [0, 0.1) is 0 Å². The Morgan fingerprint density at radius 2 is 1.37 bits per heavy atom. The van der Waals surface area contributed by atoms with Crippen molar-refractivity contribution in [2.75, 3.05) is 0 Å². The average molecular weight is 388 g/mol. The Balaban J connectivity index is 1.60. The van der Waals surface area contributed by atoms with Crippen molar-refractivity contribution in [3.63, 3.8) is 0 Å². The Bertz CT molecular complexity index is 1440. The molecule has 0 saturated heterocycles. The lowest BCUT2D eigenvalue weighted by atomic mass is 10.1. The summed E-state index contributed by atoms with van der Waals surface area (Å²) < 4.78 is 8.30. The summed E-state index contributed by atoms with van der Waals surface area (Å²) >= 11 is 0. The quantitative estimate of drug-likeness (QED) is 0.379. The van der Waals surface area contributed by atoms with Crippen LogP contribution in [0.3, 0.4) is 0 Å². The lowest BCUT2D eigenvalue weighted by Crippen LogP contribution is -1.97. The lowest BCUT2D eigenvalue weighted by Gasteiger charge is -2.11. The molecule has 0 bridgehead atoms. The summed E-state index contributed by atoms with van der Waals surface area (Å²) in [6.07, 6.45) is 3.73. The van der Waals surface area contributed by atoms with Gasteiger partial charge in [-0.1, -0.05) is 48.5 Å². The molecule has 0 aliphatic carbocycles. The second kappa shape index (κ2) is 6.67. The van der Waals surface area contributed by atoms with Gasteiger partial charge in [-0.3, -0.25) is 4.98 Å². The summed E-state index contributed by atoms with van der Waals surface area (Å²) in [6, 6.07) is 28.3. The van der Waals surface area contributed by atoms with E-state index in [9.17, 15) is 0 Å². The molecule has 30 heavy (non-hydrogen) atoms. The number of pyridine rings is 1. The molecule has 0 amide bonds. The van der Waals surface area contributed by atoms with Gasteiger partial charge < -0.3 is 8.98 Å². The molecule has 0 fully saturated rings. The fourth-order valence-electron chi connectivity index (χ4n) is 3.95. The summed E-state index contributed by atoms with van der Waals surface area (Å²) in [5, 5.41) is 10.9. The minimum absolute atomic E-state index is 0.490. The van der Waals surface area contributed by atoms with Gasteiger partial charge in [0.25, 0.3) is 0 Å². The monoisotopic (exact) mass is 388 g/mol. The van der Waals surface area contributed by atoms with E-state index in [0.29, 0.717) is 11.8 Å². The molecule has 142 valence electrons. The van der Waals surface area contributed by atoms with E-state index in [1.54, 1.807) is 0 Å². The van der Waals surface area contributed by atoms with Crippen molar-refractivity contribution < 1.29 is 4.42 Å². The molecular weight excluding hydrogens is 372 g/mol. The number of para-hydroxylation sites is 2. The third kappa shape index (κ3) is 2.53. The summed E-state index contributed by atoms with van der Waals surface area (Å²) in [4.78, 5) is 4.33. The Morgan fingerprint density at radius 3 is 2.30 bits per heavy atom. The Morgan fingerprint density at radius 1 is 0.633 bits per heavy atom. The van der Waals surface area contributed by atoms with Gasteiger partial charge in [0.15, 0.2) is 0 Å². The minimum atomic E-state index is 0.490. The van der Waals surface area contributed by atoms with Crippen molar-refractivity contribution in [1.82, 2.24) is 19.7 Å². The fourth-order valence-corrected chi connectivity index (χ4v) is 3.95. The predicted molar refractivity (Wildman–Crippen MR) is 117 cm³/mol. The standard InChI is InChI=1S/C25H16N4O/c1-2-8-17(9-3-1)24-27-28-25(30-24)19-11-5-7-13-22(19)29-21-12-6-4-10-18(21)20-16-26-15-14-23(20)29/h1-16H. The van der Waals surface area contributed by atoms with Crippen LogP contribution < -0.4 is 0 Å². The van der Waals surface area contributed by atoms with Crippen LogP contribution in [0.2, 0.25) is 0 Å². The number of benzene rings is 3. The first-order chi connectivity index (χ1) is 14.9. The highest BCUT2D eigenvalue weighted by atomic mass is 16.4. The van der Waals surface area contributed by atoms with Crippen LogP contribution in [0.25, 0.3) is 50.4 Å². The maximum Gasteiger partial charge on any atom is 0.250 e. The second-order valence-electron chi connectivity index (χ2n) is 7.04. The zero-order valence-electron chi connectivity index (χ0n) is 15.9. The van der Waals surface area contributed by atoms with Gasteiger partial charge in [0.2, 0.25) is 11.8 Å². The number of fused-ring (bicyclic) bond motifs is 3. The first-order valence-corrected chi connectivity index (χ1v) is 9.72. The first-order valence-electron chi connectivity index (χ1n) is 9.72. The zero-order valence-corrected chi connectivity index (χ0v) is 15.9. The van der Waals surface area contributed by atoms with E-state index in [4.69, 9.17) is 4.42 Å². The van der Waals surface area contributed by atoms with Crippen molar-refractivity contribution in [1.29, 1.82) is 0 Å². The van der Waals surface area contributed by atoms with Crippen LogP contribution >= 0.6 is 0 Å². The molecule has 3 aromatic carbocycles. The van der Waals surface area contributed by atoms with Crippen molar-refractivity contribution in [2.24, 2.45) is 0 Å². The molecule has 0 aliphatic rings. The van der Waals surface area contributed by atoms with Crippen LogP contribution in [0.15, 0.2) is 102 Å². The number of aromatic nitrogens is 4. The molecule has 0 saturated carbocycles. The van der Waals surface area contributed by atoms with Crippen molar-refractivity contribution in [2.45, 2.75) is 0 Å².